The number of rotatable bonds is 4. The summed E-state index contributed by atoms with van der Waals surface area (Å²) in [6, 6.07) is 10.6. The SMILES string of the molecule is Cc1ccc(NC(=O)CSc2ccc(N)cc2Cl)cc1Cl. The molecule has 3 N–H and O–H groups in total. The number of carbonyl (C=O) groups excluding carboxylic acids is 1. The van der Waals surface area contributed by atoms with E-state index in [0.717, 1.165) is 10.5 Å². The number of thioether (sulfide) groups is 1. The van der Waals surface area contributed by atoms with Crippen molar-refractivity contribution in [1.82, 2.24) is 0 Å². The maximum absolute atomic E-state index is 11.9. The van der Waals surface area contributed by atoms with E-state index in [-0.39, 0.29) is 11.7 Å². The van der Waals surface area contributed by atoms with Crippen LogP contribution < -0.4 is 11.1 Å². The van der Waals surface area contributed by atoms with Crippen molar-refractivity contribution in [3.8, 4) is 0 Å². The molecule has 0 saturated heterocycles. The first-order valence-corrected chi connectivity index (χ1v) is 7.93. The fourth-order valence-electron chi connectivity index (χ4n) is 1.65. The summed E-state index contributed by atoms with van der Waals surface area (Å²) >= 11 is 13.4. The van der Waals surface area contributed by atoms with Crippen molar-refractivity contribution in [3.63, 3.8) is 0 Å². The van der Waals surface area contributed by atoms with Crippen LogP contribution in [0.2, 0.25) is 10.0 Å². The Morgan fingerprint density at radius 3 is 2.62 bits per heavy atom. The van der Waals surface area contributed by atoms with Crippen LogP contribution in [0.1, 0.15) is 5.56 Å². The van der Waals surface area contributed by atoms with E-state index in [9.17, 15) is 4.79 Å². The summed E-state index contributed by atoms with van der Waals surface area (Å²) in [6.07, 6.45) is 0. The molecule has 3 nitrogen and oxygen atoms in total. The second-order valence-electron chi connectivity index (χ2n) is 4.49. The second-order valence-corrected chi connectivity index (χ2v) is 6.32. The molecule has 0 atom stereocenters. The summed E-state index contributed by atoms with van der Waals surface area (Å²) in [5, 5.41) is 3.97. The summed E-state index contributed by atoms with van der Waals surface area (Å²) in [6.45, 7) is 1.91. The zero-order valence-electron chi connectivity index (χ0n) is 11.3. The summed E-state index contributed by atoms with van der Waals surface area (Å²) in [5.74, 6) is 0.141. The van der Waals surface area contributed by atoms with E-state index < -0.39 is 0 Å². The zero-order valence-corrected chi connectivity index (χ0v) is 13.6. The third-order valence-corrected chi connectivity index (χ3v) is 4.68. The lowest BCUT2D eigenvalue weighted by Gasteiger charge is -2.08. The van der Waals surface area contributed by atoms with Gasteiger partial charge in [-0.1, -0.05) is 29.3 Å². The highest BCUT2D eigenvalue weighted by Gasteiger charge is 2.07. The van der Waals surface area contributed by atoms with E-state index in [4.69, 9.17) is 28.9 Å². The fourth-order valence-corrected chi connectivity index (χ4v) is 2.90. The van der Waals surface area contributed by atoms with Crippen LogP contribution >= 0.6 is 35.0 Å². The Morgan fingerprint density at radius 2 is 1.95 bits per heavy atom. The highest BCUT2D eigenvalue weighted by atomic mass is 35.5. The summed E-state index contributed by atoms with van der Waals surface area (Å²) in [7, 11) is 0. The number of nitrogen functional groups attached to an aromatic ring is 1. The number of anilines is 2. The number of nitrogens with one attached hydrogen (secondary N) is 1. The van der Waals surface area contributed by atoms with Crippen molar-refractivity contribution in [2.45, 2.75) is 11.8 Å². The number of benzene rings is 2. The Kier molecular flexibility index (Phi) is 5.39. The molecule has 0 spiro atoms. The summed E-state index contributed by atoms with van der Waals surface area (Å²) in [5.41, 5.74) is 7.88. The van der Waals surface area contributed by atoms with E-state index in [1.165, 1.54) is 11.8 Å². The number of nitrogens with two attached hydrogens (primary N) is 1. The van der Waals surface area contributed by atoms with Gasteiger partial charge in [-0.05, 0) is 42.8 Å². The van der Waals surface area contributed by atoms with Crippen LogP contribution in [0.3, 0.4) is 0 Å². The molecular formula is C15H14Cl2N2OS. The number of hydrogen-bond donors (Lipinski definition) is 2. The maximum atomic E-state index is 11.9. The van der Waals surface area contributed by atoms with Crippen LogP contribution in [-0.4, -0.2) is 11.7 Å². The molecular weight excluding hydrogens is 327 g/mol. The minimum Gasteiger partial charge on any atom is -0.399 e. The van der Waals surface area contributed by atoms with Gasteiger partial charge in [0, 0.05) is 21.3 Å². The molecule has 6 heteroatoms. The molecule has 0 saturated carbocycles. The molecule has 2 rings (SSSR count). The van der Waals surface area contributed by atoms with E-state index in [1.807, 2.05) is 19.1 Å². The van der Waals surface area contributed by atoms with Crippen LogP contribution in [0, 0.1) is 6.92 Å². The van der Waals surface area contributed by atoms with Crippen molar-refractivity contribution in [1.29, 1.82) is 0 Å². The molecule has 0 aromatic heterocycles. The Hall–Kier alpha value is -1.36. The Morgan fingerprint density at radius 1 is 1.19 bits per heavy atom. The van der Waals surface area contributed by atoms with Crippen LogP contribution in [0.4, 0.5) is 11.4 Å². The fraction of sp³-hybridized carbons (Fsp3) is 0.133. The van der Waals surface area contributed by atoms with Gasteiger partial charge in [-0.3, -0.25) is 4.79 Å². The van der Waals surface area contributed by atoms with Gasteiger partial charge >= 0.3 is 0 Å². The molecule has 1 amide bonds. The average molecular weight is 341 g/mol. The van der Waals surface area contributed by atoms with E-state index >= 15 is 0 Å². The first-order chi connectivity index (χ1) is 9.95. The van der Waals surface area contributed by atoms with Crippen molar-refractivity contribution in [3.05, 3.63) is 52.0 Å². The number of amides is 1. The molecule has 0 unspecified atom stereocenters. The van der Waals surface area contributed by atoms with Crippen molar-refractivity contribution in [2.75, 3.05) is 16.8 Å². The first-order valence-electron chi connectivity index (χ1n) is 6.19. The predicted octanol–water partition coefficient (Wildman–Crippen LogP) is 4.61. The number of hydrogen-bond acceptors (Lipinski definition) is 3. The quantitative estimate of drug-likeness (QED) is 0.630. The van der Waals surface area contributed by atoms with Gasteiger partial charge in [0.05, 0.1) is 10.8 Å². The standard InChI is InChI=1S/C15H14Cl2N2OS/c1-9-2-4-11(7-12(9)16)19-15(20)8-21-14-5-3-10(18)6-13(14)17/h2-7H,8,18H2,1H3,(H,19,20). The maximum Gasteiger partial charge on any atom is 0.234 e. The Bertz CT molecular complexity index is 677. The van der Waals surface area contributed by atoms with E-state index in [0.29, 0.717) is 21.4 Å². The number of aryl methyl sites for hydroxylation is 1. The van der Waals surface area contributed by atoms with E-state index in [1.54, 1.807) is 24.3 Å². The Balaban J connectivity index is 1.94. The molecule has 0 aliphatic rings. The number of halogens is 2. The van der Waals surface area contributed by atoms with Gasteiger partial charge in [-0.2, -0.15) is 0 Å². The topological polar surface area (TPSA) is 55.1 Å². The minimum atomic E-state index is -0.118. The molecule has 0 aliphatic heterocycles. The lowest BCUT2D eigenvalue weighted by Crippen LogP contribution is -2.14. The lowest BCUT2D eigenvalue weighted by molar-refractivity contribution is -0.113. The van der Waals surface area contributed by atoms with Gasteiger partial charge in [0.2, 0.25) is 5.91 Å². The van der Waals surface area contributed by atoms with Crippen molar-refractivity contribution in [2.24, 2.45) is 0 Å². The average Bonchev–Trinajstić information content (AvgIpc) is 2.42. The van der Waals surface area contributed by atoms with Crippen LogP contribution in [0.25, 0.3) is 0 Å². The number of carbonyl (C=O) groups is 1. The van der Waals surface area contributed by atoms with Gasteiger partial charge in [0.15, 0.2) is 0 Å². The molecule has 0 fully saturated rings. The second kappa shape index (κ2) is 7.07. The Labute approximate surface area is 137 Å². The molecule has 0 heterocycles. The van der Waals surface area contributed by atoms with Gasteiger partial charge in [-0.15, -0.1) is 11.8 Å². The predicted molar refractivity (Wildman–Crippen MR) is 91.4 cm³/mol. The van der Waals surface area contributed by atoms with Gasteiger partial charge in [-0.25, -0.2) is 0 Å². The molecule has 110 valence electrons. The molecule has 0 radical (unpaired) electrons. The molecule has 2 aromatic carbocycles. The van der Waals surface area contributed by atoms with Crippen molar-refractivity contribution < 1.29 is 4.79 Å². The monoisotopic (exact) mass is 340 g/mol. The molecule has 21 heavy (non-hydrogen) atoms. The lowest BCUT2D eigenvalue weighted by atomic mass is 10.2. The van der Waals surface area contributed by atoms with Gasteiger partial charge in [0.1, 0.15) is 0 Å². The largest absolute Gasteiger partial charge is 0.399 e. The molecule has 0 aliphatic carbocycles. The van der Waals surface area contributed by atoms with Gasteiger partial charge < -0.3 is 11.1 Å². The van der Waals surface area contributed by atoms with Crippen LogP contribution in [0.5, 0.6) is 0 Å². The third-order valence-electron chi connectivity index (χ3n) is 2.77. The van der Waals surface area contributed by atoms with Crippen LogP contribution in [-0.2, 0) is 4.79 Å². The first kappa shape index (κ1) is 16.0. The third kappa shape index (κ3) is 4.56. The molecule has 2 aromatic rings. The highest BCUT2D eigenvalue weighted by Crippen LogP contribution is 2.29. The zero-order chi connectivity index (χ0) is 15.4. The smallest absolute Gasteiger partial charge is 0.234 e. The van der Waals surface area contributed by atoms with Gasteiger partial charge in [0.25, 0.3) is 0 Å². The normalized spacial score (nSPS) is 10.4. The van der Waals surface area contributed by atoms with E-state index in [2.05, 4.69) is 5.32 Å². The highest BCUT2D eigenvalue weighted by molar-refractivity contribution is 8.00. The van der Waals surface area contributed by atoms with Crippen molar-refractivity contribution >= 4 is 52.2 Å². The summed E-state index contributed by atoms with van der Waals surface area (Å²) < 4.78 is 0. The van der Waals surface area contributed by atoms with Crippen LogP contribution in [0.15, 0.2) is 41.3 Å². The molecule has 0 bridgehead atoms. The summed E-state index contributed by atoms with van der Waals surface area (Å²) in [4.78, 5) is 12.7. The minimum absolute atomic E-state index is 0.118.